The molecule has 7 nitrogen and oxygen atoms in total. The fourth-order valence-corrected chi connectivity index (χ4v) is 4.37. The molecule has 2 aromatic rings. The molecule has 0 saturated carbocycles. The van der Waals surface area contributed by atoms with E-state index in [4.69, 9.17) is 16.3 Å². The average Bonchev–Trinajstić information content (AvgIpc) is 3.35. The molecule has 5 rings (SSSR count). The maximum absolute atomic E-state index is 12.7. The molecule has 1 aromatic carbocycles. The molecular formula is C17H15ClN4O3. The van der Waals surface area contributed by atoms with Crippen LogP contribution < -0.4 is 4.90 Å². The molecule has 128 valence electrons. The van der Waals surface area contributed by atoms with Crippen LogP contribution in [-0.2, 0) is 20.9 Å². The largest absolute Gasteiger partial charge is 0.373 e. The first-order chi connectivity index (χ1) is 12.1. The summed E-state index contributed by atoms with van der Waals surface area (Å²) in [6.45, 7) is 0.421. The minimum absolute atomic E-state index is 0.135. The first kappa shape index (κ1) is 15.0. The highest BCUT2D eigenvalue weighted by Gasteiger charge is 2.63. The summed E-state index contributed by atoms with van der Waals surface area (Å²) in [5.41, 5.74) is 0.892. The summed E-state index contributed by atoms with van der Waals surface area (Å²) in [6, 6.07) is 7.45. The van der Waals surface area contributed by atoms with Crippen molar-refractivity contribution in [3.05, 3.63) is 41.2 Å². The van der Waals surface area contributed by atoms with Gasteiger partial charge in [0.1, 0.15) is 6.33 Å². The summed E-state index contributed by atoms with van der Waals surface area (Å²) < 4.78 is 7.31. The van der Waals surface area contributed by atoms with Gasteiger partial charge in [-0.2, -0.15) is 4.98 Å². The van der Waals surface area contributed by atoms with Crippen LogP contribution in [0, 0.1) is 11.8 Å². The van der Waals surface area contributed by atoms with Crippen molar-refractivity contribution in [1.82, 2.24) is 14.8 Å². The van der Waals surface area contributed by atoms with Gasteiger partial charge in [0.05, 0.1) is 30.6 Å². The second-order valence-corrected chi connectivity index (χ2v) is 7.09. The molecule has 2 amide bonds. The minimum Gasteiger partial charge on any atom is -0.373 e. The number of aromatic nitrogens is 3. The molecule has 3 saturated heterocycles. The van der Waals surface area contributed by atoms with E-state index in [9.17, 15) is 9.59 Å². The molecular weight excluding hydrogens is 344 g/mol. The van der Waals surface area contributed by atoms with Gasteiger partial charge in [0.25, 0.3) is 5.95 Å². The highest BCUT2D eigenvalue weighted by Crippen LogP contribution is 2.48. The Labute approximate surface area is 148 Å². The Bertz CT molecular complexity index is 854. The van der Waals surface area contributed by atoms with E-state index in [0.29, 0.717) is 11.6 Å². The lowest BCUT2D eigenvalue weighted by Crippen LogP contribution is -2.35. The highest BCUT2D eigenvalue weighted by atomic mass is 35.5. The molecule has 2 bridgehead atoms. The van der Waals surface area contributed by atoms with Crippen LogP contribution in [0.25, 0.3) is 0 Å². The van der Waals surface area contributed by atoms with Gasteiger partial charge >= 0.3 is 0 Å². The summed E-state index contributed by atoms with van der Waals surface area (Å²) in [5.74, 6) is -1.09. The third-order valence-corrected chi connectivity index (χ3v) is 5.67. The topological polar surface area (TPSA) is 77.3 Å². The van der Waals surface area contributed by atoms with Crippen molar-refractivity contribution in [2.75, 3.05) is 4.90 Å². The van der Waals surface area contributed by atoms with Crippen molar-refractivity contribution in [3.63, 3.8) is 0 Å². The van der Waals surface area contributed by atoms with E-state index in [0.717, 1.165) is 23.3 Å². The Hall–Kier alpha value is -2.25. The van der Waals surface area contributed by atoms with Gasteiger partial charge in [-0.1, -0.05) is 29.8 Å². The molecule has 1 aromatic heterocycles. The third-order valence-electron chi connectivity index (χ3n) is 5.30. The number of imide groups is 1. The second kappa shape index (κ2) is 5.37. The number of anilines is 1. The van der Waals surface area contributed by atoms with Gasteiger partial charge in [0, 0.05) is 5.02 Å². The van der Waals surface area contributed by atoms with E-state index in [1.165, 1.54) is 6.33 Å². The molecule has 3 fully saturated rings. The van der Waals surface area contributed by atoms with Crippen LogP contribution in [0.3, 0.4) is 0 Å². The Morgan fingerprint density at radius 3 is 2.48 bits per heavy atom. The number of carbonyl (C=O) groups is 2. The van der Waals surface area contributed by atoms with E-state index >= 15 is 0 Å². The van der Waals surface area contributed by atoms with Gasteiger partial charge < -0.3 is 4.74 Å². The number of nitrogens with zero attached hydrogens (tertiary/aromatic N) is 4. The first-order valence-corrected chi connectivity index (χ1v) is 8.67. The molecule has 0 unspecified atom stereocenters. The van der Waals surface area contributed by atoms with E-state index in [1.807, 2.05) is 18.2 Å². The molecule has 0 N–H and O–H groups in total. The van der Waals surface area contributed by atoms with Crippen molar-refractivity contribution in [2.24, 2.45) is 11.8 Å². The lowest BCUT2D eigenvalue weighted by Gasteiger charge is -2.14. The van der Waals surface area contributed by atoms with E-state index < -0.39 is 0 Å². The number of ether oxygens (including phenoxy) is 1. The lowest BCUT2D eigenvalue weighted by molar-refractivity contribution is -0.124. The molecule has 3 aliphatic rings. The highest BCUT2D eigenvalue weighted by molar-refractivity contribution is 6.31. The molecule has 0 spiro atoms. The number of hydrogen-bond donors (Lipinski definition) is 0. The SMILES string of the molecule is O=C1[C@@H]2[C@H](C(=O)N1c1ncn(Cc3ccccc3Cl)n1)[C@H]1CC[C@@H]2O1. The Morgan fingerprint density at radius 2 is 1.80 bits per heavy atom. The summed E-state index contributed by atoms with van der Waals surface area (Å²) in [5, 5.41) is 4.95. The van der Waals surface area contributed by atoms with Gasteiger partial charge in [0.2, 0.25) is 11.8 Å². The van der Waals surface area contributed by atoms with Crippen LogP contribution in [0.15, 0.2) is 30.6 Å². The normalized spacial score (nSPS) is 30.4. The number of halogens is 1. The van der Waals surface area contributed by atoms with Crippen LogP contribution in [0.1, 0.15) is 18.4 Å². The fraction of sp³-hybridized carbons (Fsp3) is 0.412. The van der Waals surface area contributed by atoms with E-state index in [2.05, 4.69) is 10.1 Å². The predicted octanol–water partition coefficient (Wildman–Crippen LogP) is 1.65. The van der Waals surface area contributed by atoms with Crippen LogP contribution in [0.4, 0.5) is 5.95 Å². The van der Waals surface area contributed by atoms with Gasteiger partial charge in [-0.25, -0.2) is 9.58 Å². The average molecular weight is 359 g/mol. The number of benzene rings is 1. The van der Waals surface area contributed by atoms with Gasteiger partial charge in [0.15, 0.2) is 0 Å². The van der Waals surface area contributed by atoms with E-state index in [-0.39, 0.29) is 41.8 Å². The predicted molar refractivity (Wildman–Crippen MR) is 87.9 cm³/mol. The zero-order valence-electron chi connectivity index (χ0n) is 13.2. The number of fused-ring (bicyclic) bond motifs is 5. The quantitative estimate of drug-likeness (QED) is 0.780. The Balaban J connectivity index is 1.41. The minimum atomic E-state index is -0.373. The van der Waals surface area contributed by atoms with Gasteiger partial charge in [-0.15, -0.1) is 5.10 Å². The first-order valence-electron chi connectivity index (χ1n) is 8.29. The number of amides is 2. The molecule has 0 radical (unpaired) electrons. The monoisotopic (exact) mass is 358 g/mol. The molecule has 25 heavy (non-hydrogen) atoms. The molecule has 8 heteroatoms. The maximum Gasteiger partial charge on any atom is 0.258 e. The number of carbonyl (C=O) groups excluding carboxylic acids is 2. The van der Waals surface area contributed by atoms with Crippen molar-refractivity contribution >= 4 is 29.4 Å². The molecule has 0 aliphatic carbocycles. The maximum atomic E-state index is 12.7. The molecule has 4 heterocycles. The van der Waals surface area contributed by atoms with Crippen molar-refractivity contribution in [3.8, 4) is 0 Å². The van der Waals surface area contributed by atoms with Gasteiger partial charge in [-0.3, -0.25) is 9.59 Å². The number of hydrogen-bond acceptors (Lipinski definition) is 5. The van der Waals surface area contributed by atoms with E-state index in [1.54, 1.807) is 10.7 Å². The zero-order valence-corrected chi connectivity index (χ0v) is 14.0. The lowest BCUT2D eigenvalue weighted by atomic mass is 9.81. The Kier molecular flexibility index (Phi) is 3.23. The van der Waals surface area contributed by atoms with Crippen LogP contribution in [0.5, 0.6) is 0 Å². The van der Waals surface area contributed by atoms with Crippen LogP contribution in [0.2, 0.25) is 5.02 Å². The Morgan fingerprint density at radius 1 is 1.12 bits per heavy atom. The second-order valence-electron chi connectivity index (χ2n) is 6.69. The van der Waals surface area contributed by atoms with Gasteiger partial charge in [-0.05, 0) is 24.5 Å². The number of rotatable bonds is 3. The van der Waals surface area contributed by atoms with Crippen molar-refractivity contribution in [1.29, 1.82) is 0 Å². The van der Waals surface area contributed by atoms with Crippen molar-refractivity contribution in [2.45, 2.75) is 31.6 Å². The van der Waals surface area contributed by atoms with Crippen LogP contribution in [-0.4, -0.2) is 38.8 Å². The fourth-order valence-electron chi connectivity index (χ4n) is 4.17. The molecule has 4 atom stereocenters. The third kappa shape index (κ3) is 2.15. The van der Waals surface area contributed by atoms with Crippen LogP contribution >= 0.6 is 11.6 Å². The summed E-state index contributed by atoms with van der Waals surface area (Å²) in [4.78, 5) is 30.8. The summed E-state index contributed by atoms with van der Waals surface area (Å²) in [7, 11) is 0. The van der Waals surface area contributed by atoms with Crippen molar-refractivity contribution < 1.29 is 14.3 Å². The standard InChI is InChI=1S/C17H15ClN4O3/c18-10-4-2-1-3-9(10)7-21-8-19-17(20-21)22-15(23)13-11-5-6-12(25-11)14(13)16(22)24/h1-4,8,11-14H,5-7H2/t11-,12+,13-,14+. The molecule has 3 aliphatic heterocycles. The smallest absolute Gasteiger partial charge is 0.258 e. The zero-order chi connectivity index (χ0) is 17.1. The summed E-state index contributed by atoms with van der Waals surface area (Å²) >= 11 is 6.16. The summed E-state index contributed by atoms with van der Waals surface area (Å²) in [6.07, 6.45) is 2.92.